The van der Waals surface area contributed by atoms with Crippen molar-refractivity contribution in [2.45, 2.75) is 26.8 Å². The van der Waals surface area contributed by atoms with Gasteiger partial charge < -0.3 is 4.74 Å². The molecule has 6 heteroatoms. The first kappa shape index (κ1) is 18.0. The first-order valence-corrected chi connectivity index (χ1v) is 8.39. The summed E-state index contributed by atoms with van der Waals surface area (Å²) in [4.78, 5) is 12.3. The zero-order valence-corrected chi connectivity index (χ0v) is 14.9. The molecule has 1 aromatic heterocycles. The van der Waals surface area contributed by atoms with Gasteiger partial charge in [-0.3, -0.25) is 4.68 Å². The summed E-state index contributed by atoms with van der Waals surface area (Å²) in [6.07, 6.45) is 1.88. The molecule has 0 unspecified atom stereocenters. The molecule has 0 bridgehead atoms. The molecular formula is C20H20F2N2O2. The minimum absolute atomic E-state index is 0.155. The maximum atomic E-state index is 14.0. The van der Waals surface area contributed by atoms with E-state index in [9.17, 15) is 13.6 Å². The van der Waals surface area contributed by atoms with Gasteiger partial charge in [0.2, 0.25) is 0 Å². The molecule has 0 aliphatic heterocycles. The Balaban J connectivity index is 2.09. The van der Waals surface area contributed by atoms with Crippen LogP contribution in [0.4, 0.5) is 8.78 Å². The third kappa shape index (κ3) is 3.59. The number of halogens is 2. The van der Waals surface area contributed by atoms with Gasteiger partial charge in [0.15, 0.2) is 0 Å². The monoisotopic (exact) mass is 358 g/mol. The summed E-state index contributed by atoms with van der Waals surface area (Å²) < 4.78 is 33.9. The molecular weight excluding hydrogens is 338 g/mol. The molecule has 0 aliphatic carbocycles. The minimum Gasteiger partial charge on any atom is -0.465 e. The van der Waals surface area contributed by atoms with Crippen molar-refractivity contribution >= 4 is 16.9 Å². The van der Waals surface area contributed by atoms with Crippen molar-refractivity contribution in [1.29, 1.82) is 0 Å². The van der Waals surface area contributed by atoms with Crippen LogP contribution >= 0.6 is 0 Å². The molecule has 0 aliphatic rings. The number of nitrogens with zero attached hydrogens (tertiary/aromatic N) is 2. The molecule has 3 rings (SSSR count). The van der Waals surface area contributed by atoms with E-state index in [4.69, 9.17) is 4.74 Å². The largest absolute Gasteiger partial charge is 0.465 e. The van der Waals surface area contributed by atoms with Crippen molar-refractivity contribution in [2.75, 3.05) is 7.11 Å². The molecule has 0 spiro atoms. The quantitative estimate of drug-likeness (QED) is 0.637. The van der Waals surface area contributed by atoms with Crippen LogP contribution in [-0.4, -0.2) is 22.9 Å². The number of benzene rings is 2. The molecule has 0 radical (unpaired) electrons. The lowest BCUT2D eigenvalue weighted by atomic mass is 9.97. The van der Waals surface area contributed by atoms with Crippen molar-refractivity contribution in [1.82, 2.24) is 9.78 Å². The van der Waals surface area contributed by atoms with Crippen LogP contribution in [-0.2, 0) is 17.7 Å². The predicted molar refractivity (Wildman–Crippen MR) is 95.1 cm³/mol. The van der Waals surface area contributed by atoms with Gasteiger partial charge in [0, 0.05) is 24.4 Å². The third-order valence-electron chi connectivity index (χ3n) is 4.21. The molecule has 26 heavy (non-hydrogen) atoms. The van der Waals surface area contributed by atoms with Gasteiger partial charge in [-0.2, -0.15) is 5.10 Å². The number of aromatic nitrogens is 2. The number of ether oxygens (including phenoxy) is 1. The molecule has 4 nitrogen and oxygen atoms in total. The van der Waals surface area contributed by atoms with Crippen molar-refractivity contribution < 1.29 is 18.3 Å². The van der Waals surface area contributed by atoms with Crippen LogP contribution in [0.5, 0.6) is 0 Å². The lowest BCUT2D eigenvalue weighted by Crippen LogP contribution is -2.09. The van der Waals surface area contributed by atoms with Gasteiger partial charge in [0.05, 0.1) is 24.4 Å². The van der Waals surface area contributed by atoms with E-state index in [1.807, 2.05) is 10.7 Å². The van der Waals surface area contributed by atoms with E-state index >= 15 is 0 Å². The molecule has 136 valence electrons. The fraction of sp³-hybridized carbons (Fsp3) is 0.300. The Kier molecular flexibility index (Phi) is 5.02. The predicted octanol–water partition coefficient (Wildman–Crippen LogP) is 4.35. The molecule has 2 aromatic carbocycles. The molecule has 3 aromatic rings. The van der Waals surface area contributed by atoms with E-state index in [2.05, 4.69) is 18.9 Å². The fourth-order valence-corrected chi connectivity index (χ4v) is 2.98. The fourth-order valence-electron chi connectivity index (χ4n) is 2.98. The number of esters is 1. The zero-order chi connectivity index (χ0) is 18.8. The number of hydrogen-bond acceptors (Lipinski definition) is 3. The van der Waals surface area contributed by atoms with Crippen LogP contribution in [0.1, 0.15) is 35.3 Å². The Morgan fingerprint density at radius 2 is 1.96 bits per heavy atom. The highest BCUT2D eigenvalue weighted by Crippen LogP contribution is 2.25. The van der Waals surface area contributed by atoms with Gasteiger partial charge in [0.1, 0.15) is 11.6 Å². The Labute approximate surface area is 150 Å². The van der Waals surface area contributed by atoms with E-state index in [0.29, 0.717) is 22.6 Å². The summed E-state index contributed by atoms with van der Waals surface area (Å²) >= 11 is 0. The molecule has 1 heterocycles. The van der Waals surface area contributed by atoms with Gasteiger partial charge in [-0.05, 0) is 35.2 Å². The van der Waals surface area contributed by atoms with E-state index < -0.39 is 17.6 Å². The average molecular weight is 358 g/mol. The summed E-state index contributed by atoms with van der Waals surface area (Å²) in [7, 11) is 1.31. The van der Waals surface area contributed by atoms with Crippen LogP contribution in [0.25, 0.3) is 10.9 Å². The summed E-state index contributed by atoms with van der Waals surface area (Å²) in [5.41, 5.74) is 2.10. The third-order valence-corrected chi connectivity index (χ3v) is 4.21. The molecule has 0 amide bonds. The maximum Gasteiger partial charge on any atom is 0.338 e. The normalized spacial score (nSPS) is 11.3. The summed E-state index contributed by atoms with van der Waals surface area (Å²) in [6, 6.07) is 6.97. The first-order chi connectivity index (χ1) is 12.4. The number of carbonyl (C=O) groups is 1. The molecule has 0 fully saturated rings. The molecule has 0 N–H and O–H groups in total. The lowest BCUT2D eigenvalue weighted by Gasteiger charge is -2.11. The molecule has 0 saturated carbocycles. The minimum atomic E-state index is -0.642. The topological polar surface area (TPSA) is 44.1 Å². The lowest BCUT2D eigenvalue weighted by molar-refractivity contribution is 0.0600. The second-order valence-corrected chi connectivity index (χ2v) is 6.69. The number of rotatable bonds is 5. The second-order valence-electron chi connectivity index (χ2n) is 6.69. The van der Waals surface area contributed by atoms with Crippen molar-refractivity contribution in [2.24, 2.45) is 5.92 Å². The first-order valence-electron chi connectivity index (χ1n) is 8.39. The SMILES string of the molecule is COC(=O)c1cc2c(cnn2CC(C)C)cc1Cc1ccc(F)cc1F. The number of hydrogen-bond donors (Lipinski definition) is 0. The molecule has 0 saturated heterocycles. The average Bonchev–Trinajstić information content (AvgIpc) is 2.97. The van der Waals surface area contributed by atoms with Crippen LogP contribution in [0.3, 0.4) is 0 Å². The smallest absolute Gasteiger partial charge is 0.338 e. The Morgan fingerprint density at radius 3 is 2.62 bits per heavy atom. The zero-order valence-electron chi connectivity index (χ0n) is 14.9. The van der Waals surface area contributed by atoms with E-state index in [1.165, 1.54) is 19.2 Å². The van der Waals surface area contributed by atoms with E-state index in [1.54, 1.807) is 12.3 Å². The number of methoxy groups -OCH3 is 1. The number of fused-ring (bicyclic) bond motifs is 1. The van der Waals surface area contributed by atoms with E-state index in [-0.39, 0.29) is 6.42 Å². The van der Waals surface area contributed by atoms with Crippen LogP contribution in [0.2, 0.25) is 0 Å². The number of carbonyl (C=O) groups excluding carboxylic acids is 1. The summed E-state index contributed by atoms with van der Waals surface area (Å²) in [5, 5.41) is 5.24. The molecule has 0 atom stereocenters. The highest BCUT2D eigenvalue weighted by molar-refractivity contribution is 5.96. The summed E-state index contributed by atoms with van der Waals surface area (Å²) in [5.74, 6) is -1.38. The van der Waals surface area contributed by atoms with Gasteiger partial charge in [-0.1, -0.05) is 19.9 Å². The van der Waals surface area contributed by atoms with Gasteiger partial charge in [-0.15, -0.1) is 0 Å². The van der Waals surface area contributed by atoms with Crippen LogP contribution in [0, 0.1) is 17.6 Å². The van der Waals surface area contributed by atoms with Crippen molar-refractivity contribution in [3.8, 4) is 0 Å². The standard InChI is InChI=1S/C20H20F2N2O2/c1-12(2)11-24-19-9-17(20(25)26-3)14(7-15(19)10-23-24)6-13-4-5-16(21)8-18(13)22/h4-5,7-10,12H,6,11H2,1-3H3. The Morgan fingerprint density at radius 1 is 1.19 bits per heavy atom. The highest BCUT2D eigenvalue weighted by atomic mass is 19.1. The summed E-state index contributed by atoms with van der Waals surface area (Å²) in [6.45, 7) is 4.89. The van der Waals surface area contributed by atoms with Crippen molar-refractivity contribution in [3.05, 3.63) is 64.9 Å². The highest BCUT2D eigenvalue weighted by Gasteiger charge is 2.17. The van der Waals surface area contributed by atoms with Crippen LogP contribution in [0.15, 0.2) is 36.5 Å². The Bertz CT molecular complexity index is 964. The van der Waals surface area contributed by atoms with Gasteiger partial charge in [0.25, 0.3) is 0 Å². The maximum absolute atomic E-state index is 14.0. The van der Waals surface area contributed by atoms with E-state index in [0.717, 1.165) is 23.5 Å². The van der Waals surface area contributed by atoms with Crippen molar-refractivity contribution in [3.63, 3.8) is 0 Å². The van der Waals surface area contributed by atoms with Crippen LogP contribution < -0.4 is 0 Å². The Hall–Kier alpha value is -2.76. The second kappa shape index (κ2) is 7.23. The van der Waals surface area contributed by atoms with Gasteiger partial charge in [-0.25, -0.2) is 13.6 Å². The van der Waals surface area contributed by atoms with Gasteiger partial charge >= 0.3 is 5.97 Å².